The van der Waals surface area contributed by atoms with Gasteiger partial charge in [0.25, 0.3) is 0 Å². The van der Waals surface area contributed by atoms with Gasteiger partial charge >= 0.3 is 0 Å². The first kappa shape index (κ1) is 8.59. The first-order chi connectivity index (χ1) is 6.24. The topological polar surface area (TPSA) is 20.2 Å². The normalized spacial score (nSPS) is 11.0. The Bertz CT molecular complexity index is 450. The predicted octanol–water partition coefficient (Wildman–Crippen LogP) is 2.67. The Balaban J connectivity index is 2.85. The maximum atomic E-state index is 13.1. The molecule has 68 valence electrons. The highest BCUT2D eigenvalue weighted by molar-refractivity contribution is 7.17. The monoisotopic (exact) mass is 200 g/mol. The third-order valence-corrected chi connectivity index (χ3v) is 2.93. The Morgan fingerprint density at radius 3 is 2.69 bits per heavy atom. The van der Waals surface area contributed by atoms with Crippen molar-refractivity contribution < 1.29 is 13.9 Å². The van der Waals surface area contributed by atoms with E-state index >= 15 is 0 Å². The zero-order valence-corrected chi connectivity index (χ0v) is 7.37. The fraction of sp³-hybridized carbons (Fsp3) is 0.111. The van der Waals surface area contributed by atoms with Crippen LogP contribution in [0, 0.1) is 11.6 Å². The number of halogens is 2. The molecule has 1 aromatic heterocycles. The number of fused-ring (bicyclic) bond motifs is 1. The number of aliphatic hydroxyl groups is 1. The molecule has 2 aromatic rings. The summed E-state index contributed by atoms with van der Waals surface area (Å²) in [5.41, 5.74) is 0.173. The molecule has 0 radical (unpaired) electrons. The molecule has 0 bridgehead atoms. The summed E-state index contributed by atoms with van der Waals surface area (Å²) in [4.78, 5) is 0. The van der Waals surface area contributed by atoms with Crippen LogP contribution in [0.4, 0.5) is 8.78 Å². The van der Waals surface area contributed by atoms with Crippen LogP contribution in [0.3, 0.4) is 0 Å². The van der Waals surface area contributed by atoms with E-state index in [4.69, 9.17) is 5.11 Å². The molecule has 0 unspecified atom stereocenters. The summed E-state index contributed by atoms with van der Waals surface area (Å²) in [6, 6.07) is 2.55. The maximum absolute atomic E-state index is 13.1. The van der Waals surface area contributed by atoms with Crippen molar-refractivity contribution in [3.63, 3.8) is 0 Å². The lowest BCUT2D eigenvalue weighted by Crippen LogP contribution is -1.89. The molecule has 13 heavy (non-hydrogen) atoms. The standard InChI is InChI=1S/C9H6F2OS/c10-7-2-1-5-8(11)4-13-9(5)6(7)3-12/h1-2,4,12H,3H2. The summed E-state index contributed by atoms with van der Waals surface area (Å²) in [5.74, 6) is -0.855. The molecule has 0 saturated carbocycles. The van der Waals surface area contributed by atoms with Crippen LogP contribution < -0.4 is 0 Å². The van der Waals surface area contributed by atoms with E-state index in [2.05, 4.69) is 0 Å². The molecule has 2 rings (SSSR count). The lowest BCUT2D eigenvalue weighted by Gasteiger charge is -1.99. The molecular formula is C9H6F2OS. The molecule has 0 aliphatic heterocycles. The van der Waals surface area contributed by atoms with Crippen molar-refractivity contribution in [3.8, 4) is 0 Å². The summed E-state index contributed by atoms with van der Waals surface area (Å²) in [6.45, 7) is -0.400. The fourth-order valence-corrected chi connectivity index (χ4v) is 2.19. The highest BCUT2D eigenvalue weighted by Gasteiger charge is 2.10. The van der Waals surface area contributed by atoms with E-state index in [-0.39, 0.29) is 11.4 Å². The minimum atomic E-state index is -0.489. The highest BCUT2D eigenvalue weighted by atomic mass is 32.1. The van der Waals surface area contributed by atoms with Crippen molar-refractivity contribution in [3.05, 3.63) is 34.7 Å². The van der Waals surface area contributed by atoms with E-state index in [0.29, 0.717) is 10.1 Å². The van der Waals surface area contributed by atoms with Crippen molar-refractivity contribution in [2.45, 2.75) is 6.61 Å². The predicted molar refractivity (Wildman–Crippen MR) is 47.7 cm³/mol. The Kier molecular flexibility index (Phi) is 2.01. The minimum absolute atomic E-state index is 0.173. The van der Waals surface area contributed by atoms with E-state index in [1.807, 2.05) is 0 Å². The molecule has 0 aliphatic carbocycles. The second-order valence-corrected chi connectivity index (χ2v) is 3.52. The Labute approximate surface area is 77.2 Å². The number of thiophene rings is 1. The molecule has 1 nitrogen and oxygen atoms in total. The molecule has 0 atom stereocenters. The van der Waals surface area contributed by atoms with Gasteiger partial charge in [-0.2, -0.15) is 0 Å². The minimum Gasteiger partial charge on any atom is -0.392 e. The molecule has 0 amide bonds. The average molecular weight is 200 g/mol. The van der Waals surface area contributed by atoms with E-state index < -0.39 is 12.4 Å². The van der Waals surface area contributed by atoms with Crippen molar-refractivity contribution >= 4 is 21.4 Å². The lowest BCUT2D eigenvalue weighted by molar-refractivity contribution is 0.277. The van der Waals surface area contributed by atoms with Crippen LogP contribution in [-0.2, 0) is 6.61 Å². The van der Waals surface area contributed by atoms with Crippen LogP contribution in [0.1, 0.15) is 5.56 Å². The third-order valence-electron chi connectivity index (χ3n) is 1.90. The molecule has 0 aliphatic rings. The molecule has 1 heterocycles. The van der Waals surface area contributed by atoms with Gasteiger partial charge in [0.1, 0.15) is 11.6 Å². The van der Waals surface area contributed by atoms with Gasteiger partial charge in [-0.15, -0.1) is 11.3 Å². The molecule has 1 aromatic carbocycles. The summed E-state index contributed by atoms with van der Waals surface area (Å²) in [7, 11) is 0. The van der Waals surface area contributed by atoms with Gasteiger partial charge in [-0.05, 0) is 12.1 Å². The Morgan fingerprint density at radius 2 is 2.00 bits per heavy atom. The molecule has 1 N–H and O–H groups in total. The van der Waals surface area contributed by atoms with Gasteiger partial charge in [0.05, 0.1) is 6.61 Å². The van der Waals surface area contributed by atoms with Gasteiger partial charge in [0.2, 0.25) is 0 Å². The van der Waals surface area contributed by atoms with Gasteiger partial charge in [0.15, 0.2) is 0 Å². The number of aliphatic hydroxyl groups excluding tert-OH is 1. The average Bonchev–Trinajstić information content (AvgIpc) is 2.48. The summed E-state index contributed by atoms with van der Waals surface area (Å²) in [6.07, 6.45) is 0. The van der Waals surface area contributed by atoms with Crippen molar-refractivity contribution in [1.29, 1.82) is 0 Å². The van der Waals surface area contributed by atoms with Gasteiger partial charge in [-0.3, -0.25) is 0 Å². The number of benzene rings is 1. The van der Waals surface area contributed by atoms with Crippen LogP contribution >= 0.6 is 11.3 Å². The zero-order valence-electron chi connectivity index (χ0n) is 6.55. The Morgan fingerprint density at radius 1 is 1.23 bits per heavy atom. The van der Waals surface area contributed by atoms with E-state index in [1.165, 1.54) is 17.5 Å². The van der Waals surface area contributed by atoms with Crippen LogP contribution in [0.15, 0.2) is 17.5 Å². The number of rotatable bonds is 1. The van der Waals surface area contributed by atoms with Crippen LogP contribution in [-0.4, -0.2) is 5.11 Å². The molecule has 0 spiro atoms. The maximum Gasteiger partial charge on any atom is 0.141 e. The molecule has 4 heteroatoms. The molecule has 0 saturated heterocycles. The van der Waals surface area contributed by atoms with Crippen LogP contribution in [0.5, 0.6) is 0 Å². The quantitative estimate of drug-likeness (QED) is 0.750. The van der Waals surface area contributed by atoms with Crippen molar-refractivity contribution in [2.24, 2.45) is 0 Å². The second-order valence-electron chi connectivity index (χ2n) is 2.64. The van der Waals surface area contributed by atoms with E-state index in [0.717, 1.165) is 11.3 Å². The van der Waals surface area contributed by atoms with Crippen LogP contribution in [0.2, 0.25) is 0 Å². The van der Waals surface area contributed by atoms with Gasteiger partial charge in [-0.25, -0.2) is 8.78 Å². The molecular weight excluding hydrogens is 194 g/mol. The lowest BCUT2D eigenvalue weighted by atomic mass is 10.1. The van der Waals surface area contributed by atoms with Crippen molar-refractivity contribution in [1.82, 2.24) is 0 Å². The number of hydrogen-bond donors (Lipinski definition) is 1. The largest absolute Gasteiger partial charge is 0.392 e. The van der Waals surface area contributed by atoms with E-state index in [9.17, 15) is 8.78 Å². The van der Waals surface area contributed by atoms with Gasteiger partial charge < -0.3 is 5.11 Å². The molecule has 0 fully saturated rings. The van der Waals surface area contributed by atoms with Gasteiger partial charge in [0, 0.05) is 21.0 Å². The highest BCUT2D eigenvalue weighted by Crippen LogP contribution is 2.29. The van der Waals surface area contributed by atoms with Gasteiger partial charge in [-0.1, -0.05) is 0 Å². The summed E-state index contributed by atoms with van der Waals surface area (Å²) in [5, 5.41) is 10.5. The smallest absolute Gasteiger partial charge is 0.141 e. The third kappa shape index (κ3) is 1.22. The number of hydrogen-bond acceptors (Lipinski definition) is 2. The van der Waals surface area contributed by atoms with E-state index in [1.54, 1.807) is 0 Å². The first-order valence-corrected chi connectivity index (χ1v) is 4.57. The first-order valence-electron chi connectivity index (χ1n) is 3.69. The zero-order chi connectivity index (χ0) is 9.42. The fourth-order valence-electron chi connectivity index (χ4n) is 1.25. The summed E-state index contributed by atoms with van der Waals surface area (Å²) < 4.78 is 26.5. The second kappa shape index (κ2) is 3.05. The van der Waals surface area contributed by atoms with Crippen LogP contribution in [0.25, 0.3) is 10.1 Å². The summed E-state index contributed by atoms with van der Waals surface area (Å²) >= 11 is 1.10. The SMILES string of the molecule is OCc1c(F)ccc2c(F)csc12. The van der Waals surface area contributed by atoms with Crippen molar-refractivity contribution in [2.75, 3.05) is 0 Å². The Hall–Kier alpha value is -1.000.